The van der Waals surface area contributed by atoms with Crippen LogP contribution in [-0.4, -0.2) is 20.6 Å². The smallest absolute Gasteiger partial charge is 0.280 e. The van der Waals surface area contributed by atoms with Crippen LogP contribution < -0.4 is 10.9 Å². The van der Waals surface area contributed by atoms with Crippen LogP contribution in [-0.2, 0) is 6.54 Å². The summed E-state index contributed by atoms with van der Waals surface area (Å²) >= 11 is 3.38. The zero-order valence-electron chi connectivity index (χ0n) is 13.2. The van der Waals surface area contributed by atoms with Gasteiger partial charge in [-0.15, -0.1) is 0 Å². The molecule has 0 unspecified atom stereocenters. The second kappa shape index (κ2) is 7.06. The number of nitro benzene ring substituents is 1. The van der Waals surface area contributed by atoms with E-state index in [1.165, 1.54) is 23.8 Å². The molecule has 0 aliphatic rings. The minimum Gasteiger partial charge on any atom is -0.342 e. The molecule has 0 aliphatic heterocycles. The number of nitro groups is 1. The molecule has 3 aromatic rings. The SMILES string of the molecule is O=C(NO)c1cn(Cc2cccc(Br)c2)c2ccc([N+](=O)[O-])cc2c1=O. The standard InChI is InChI=1S/C17H12BrN3O5/c18-11-3-1-2-10(6-11)8-20-9-14(17(23)19-24)16(22)13-7-12(21(25)26)4-5-15(13)20/h1-7,9,24H,8H2,(H,19,23). The third-order valence-electron chi connectivity index (χ3n) is 3.86. The second-order valence-electron chi connectivity index (χ2n) is 5.53. The lowest BCUT2D eigenvalue weighted by molar-refractivity contribution is -0.384. The first kappa shape index (κ1) is 17.8. The van der Waals surface area contributed by atoms with Crippen molar-refractivity contribution in [2.24, 2.45) is 0 Å². The van der Waals surface area contributed by atoms with Crippen LogP contribution in [0.3, 0.4) is 0 Å². The Labute approximate surface area is 154 Å². The van der Waals surface area contributed by atoms with Crippen molar-refractivity contribution in [3.05, 3.63) is 84.6 Å². The molecular formula is C17H12BrN3O5. The van der Waals surface area contributed by atoms with Crippen molar-refractivity contribution in [1.82, 2.24) is 10.0 Å². The number of benzene rings is 2. The number of carbonyl (C=O) groups is 1. The number of nitrogens with zero attached hydrogens (tertiary/aromatic N) is 2. The van der Waals surface area contributed by atoms with Gasteiger partial charge in [0.1, 0.15) is 5.56 Å². The molecule has 0 saturated carbocycles. The maximum atomic E-state index is 12.5. The summed E-state index contributed by atoms with van der Waals surface area (Å²) in [5.74, 6) is -0.980. The number of carbonyl (C=O) groups excluding carboxylic acids is 1. The van der Waals surface area contributed by atoms with Gasteiger partial charge < -0.3 is 4.57 Å². The van der Waals surface area contributed by atoms with Crippen LogP contribution in [0.15, 0.2) is 57.9 Å². The van der Waals surface area contributed by atoms with Gasteiger partial charge in [-0.1, -0.05) is 28.1 Å². The molecule has 132 valence electrons. The van der Waals surface area contributed by atoms with E-state index in [4.69, 9.17) is 5.21 Å². The minimum absolute atomic E-state index is 0.0234. The molecule has 0 atom stereocenters. The maximum Gasteiger partial charge on any atom is 0.280 e. The number of halogens is 1. The van der Waals surface area contributed by atoms with Gasteiger partial charge in [-0.3, -0.25) is 24.9 Å². The number of hydrogen-bond acceptors (Lipinski definition) is 5. The first-order chi connectivity index (χ1) is 12.4. The lowest BCUT2D eigenvalue weighted by Crippen LogP contribution is -2.27. The van der Waals surface area contributed by atoms with Crippen LogP contribution in [0.4, 0.5) is 5.69 Å². The molecule has 1 heterocycles. The molecule has 0 saturated heterocycles. The van der Waals surface area contributed by atoms with Crippen LogP contribution in [0.25, 0.3) is 10.9 Å². The van der Waals surface area contributed by atoms with E-state index in [9.17, 15) is 19.7 Å². The Morgan fingerprint density at radius 1 is 1.27 bits per heavy atom. The number of aromatic nitrogens is 1. The number of hydrogen-bond donors (Lipinski definition) is 2. The number of pyridine rings is 1. The summed E-state index contributed by atoms with van der Waals surface area (Å²) < 4.78 is 2.50. The Kier molecular flexibility index (Phi) is 4.83. The quantitative estimate of drug-likeness (QED) is 0.384. The number of hydroxylamine groups is 1. The van der Waals surface area contributed by atoms with Gasteiger partial charge in [0.2, 0.25) is 5.43 Å². The van der Waals surface area contributed by atoms with Gasteiger partial charge in [0.15, 0.2) is 0 Å². The molecular weight excluding hydrogens is 406 g/mol. The van der Waals surface area contributed by atoms with E-state index in [1.54, 1.807) is 4.57 Å². The monoisotopic (exact) mass is 417 g/mol. The average molecular weight is 418 g/mol. The van der Waals surface area contributed by atoms with E-state index < -0.39 is 16.3 Å². The normalized spacial score (nSPS) is 10.7. The van der Waals surface area contributed by atoms with E-state index in [1.807, 2.05) is 24.3 Å². The zero-order chi connectivity index (χ0) is 18.8. The van der Waals surface area contributed by atoms with E-state index in [0.29, 0.717) is 12.1 Å². The molecule has 2 aromatic carbocycles. The molecule has 2 N–H and O–H groups in total. The molecule has 1 aromatic heterocycles. The van der Waals surface area contributed by atoms with E-state index in [2.05, 4.69) is 15.9 Å². The first-order valence-corrected chi connectivity index (χ1v) is 8.20. The van der Waals surface area contributed by atoms with Crippen molar-refractivity contribution in [2.75, 3.05) is 0 Å². The second-order valence-corrected chi connectivity index (χ2v) is 6.44. The Hall–Kier alpha value is -3.04. The van der Waals surface area contributed by atoms with Gasteiger partial charge in [-0.2, -0.15) is 0 Å². The van der Waals surface area contributed by atoms with Crippen molar-refractivity contribution >= 4 is 38.4 Å². The zero-order valence-corrected chi connectivity index (χ0v) is 14.8. The van der Waals surface area contributed by atoms with Crippen molar-refractivity contribution in [3.8, 4) is 0 Å². The summed E-state index contributed by atoms with van der Waals surface area (Å²) in [5, 5.41) is 19.9. The third kappa shape index (κ3) is 3.35. The summed E-state index contributed by atoms with van der Waals surface area (Å²) in [7, 11) is 0. The molecule has 0 radical (unpaired) electrons. The fourth-order valence-corrected chi connectivity index (χ4v) is 3.13. The number of rotatable bonds is 4. The topological polar surface area (TPSA) is 114 Å². The molecule has 0 aliphatic carbocycles. The Bertz CT molecular complexity index is 1090. The fraction of sp³-hybridized carbons (Fsp3) is 0.0588. The largest absolute Gasteiger partial charge is 0.342 e. The van der Waals surface area contributed by atoms with E-state index in [0.717, 1.165) is 16.1 Å². The molecule has 9 heteroatoms. The Morgan fingerprint density at radius 2 is 2.04 bits per heavy atom. The van der Waals surface area contributed by atoms with Crippen LogP contribution in [0.1, 0.15) is 15.9 Å². The number of nitrogens with one attached hydrogen (secondary N) is 1. The molecule has 3 rings (SSSR count). The van der Waals surface area contributed by atoms with Crippen molar-refractivity contribution in [1.29, 1.82) is 0 Å². The highest BCUT2D eigenvalue weighted by atomic mass is 79.9. The predicted octanol–water partition coefficient (Wildman–Crippen LogP) is 2.84. The molecule has 26 heavy (non-hydrogen) atoms. The Morgan fingerprint density at radius 3 is 2.69 bits per heavy atom. The number of amides is 1. The van der Waals surface area contributed by atoms with Gasteiger partial charge in [-0.05, 0) is 23.8 Å². The summed E-state index contributed by atoms with van der Waals surface area (Å²) in [6, 6.07) is 11.3. The van der Waals surface area contributed by atoms with Crippen LogP contribution in [0.5, 0.6) is 0 Å². The van der Waals surface area contributed by atoms with Crippen molar-refractivity contribution < 1.29 is 14.9 Å². The van der Waals surface area contributed by atoms with Crippen molar-refractivity contribution in [2.45, 2.75) is 6.54 Å². The minimum atomic E-state index is -0.980. The highest BCUT2D eigenvalue weighted by Crippen LogP contribution is 2.21. The van der Waals surface area contributed by atoms with Gasteiger partial charge in [0, 0.05) is 29.3 Å². The number of non-ortho nitro benzene ring substituents is 1. The maximum absolute atomic E-state index is 12.5. The lowest BCUT2D eigenvalue weighted by atomic mass is 10.1. The van der Waals surface area contributed by atoms with Gasteiger partial charge in [0.05, 0.1) is 15.8 Å². The number of fused-ring (bicyclic) bond motifs is 1. The summed E-state index contributed by atoms with van der Waals surface area (Å²) in [6.07, 6.45) is 1.32. The fourth-order valence-electron chi connectivity index (χ4n) is 2.68. The van der Waals surface area contributed by atoms with Gasteiger partial charge >= 0.3 is 0 Å². The summed E-state index contributed by atoms with van der Waals surface area (Å²) in [5.41, 5.74) is 1.50. The highest BCUT2D eigenvalue weighted by Gasteiger charge is 2.18. The molecule has 0 bridgehead atoms. The third-order valence-corrected chi connectivity index (χ3v) is 4.36. The van der Waals surface area contributed by atoms with Crippen LogP contribution in [0, 0.1) is 10.1 Å². The Balaban J connectivity index is 2.26. The van der Waals surface area contributed by atoms with Crippen molar-refractivity contribution in [3.63, 3.8) is 0 Å². The van der Waals surface area contributed by atoms with E-state index in [-0.39, 0.29) is 16.6 Å². The van der Waals surface area contributed by atoms with E-state index >= 15 is 0 Å². The van der Waals surface area contributed by atoms with Gasteiger partial charge in [-0.25, -0.2) is 5.48 Å². The predicted molar refractivity (Wildman–Crippen MR) is 97.4 cm³/mol. The summed E-state index contributed by atoms with van der Waals surface area (Å²) in [4.78, 5) is 34.8. The first-order valence-electron chi connectivity index (χ1n) is 7.41. The lowest BCUT2D eigenvalue weighted by Gasteiger charge is -2.13. The average Bonchev–Trinajstić information content (AvgIpc) is 2.63. The van der Waals surface area contributed by atoms with Gasteiger partial charge in [0.25, 0.3) is 11.6 Å². The molecule has 1 amide bonds. The van der Waals surface area contributed by atoms with Crippen LogP contribution in [0.2, 0.25) is 0 Å². The molecule has 0 spiro atoms. The molecule has 0 fully saturated rings. The molecule has 8 nitrogen and oxygen atoms in total. The van der Waals surface area contributed by atoms with Crippen LogP contribution >= 0.6 is 15.9 Å². The highest BCUT2D eigenvalue weighted by molar-refractivity contribution is 9.10. The summed E-state index contributed by atoms with van der Waals surface area (Å²) in [6.45, 7) is 0.319.